The predicted molar refractivity (Wildman–Crippen MR) is 92.6 cm³/mol. The van der Waals surface area contributed by atoms with Gasteiger partial charge in [0.2, 0.25) is 10.0 Å². The molecule has 25 heavy (non-hydrogen) atoms. The molecule has 3 rings (SSSR count). The van der Waals surface area contributed by atoms with E-state index in [1.54, 1.807) is 18.2 Å². The number of hydrogen-bond acceptors (Lipinski definition) is 4. The van der Waals surface area contributed by atoms with Crippen molar-refractivity contribution in [2.24, 2.45) is 0 Å². The number of nitrogens with zero attached hydrogens (tertiary/aromatic N) is 1. The van der Waals surface area contributed by atoms with Crippen molar-refractivity contribution < 1.29 is 21.2 Å². The zero-order valence-electron chi connectivity index (χ0n) is 13.4. The Morgan fingerprint density at radius 1 is 1.00 bits per heavy atom. The van der Waals surface area contributed by atoms with Gasteiger partial charge in [-0.15, -0.1) is 0 Å². The molecule has 1 atom stereocenters. The van der Waals surface area contributed by atoms with Gasteiger partial charge in [0, 0.05) is 13.1 Å². The fraction of sp³-hybridized carbons (Fsp3) is 0.294. The van der Waals surface area contributed by atoms with E-state index in [9.17, 15) is 21.2 Å². The van der Waals surface area contributed by atoms with Gasteiger partial charge in [0.05, 0.1) is 15.9 Å². The highest BCUT2D eigenvalue weighted by Gasteiger charge is 2.38. The highest BCUT2D eigenvalue weighted by molar-refractivity contribution is 7.92. The number of rotatable bonds is 5. The highest BCUT2D eigenvalue weighted by Crippen LogP contribution is 2.26. The van der Waals surface area contributed by atoms with E-state index in [2.05, 4.69) is 0 Å². The van der Waals surface area contributed by atoms with E-state index in [-0.39, 0.29) is 30.2 Å². The number of hydrogen-bond donors (Lipinski definition) is 0. The van der Waals surface area contributed by atoms with Crippen molar-refractivity contribution in [2.75, 3.05) is 13.1 Å². The summed E-state index contributed by atoms with van der Waals surface area (Å²) in [5.41, 5.74) is 0.342. The van der Waals surface area contributed by atoms with Gasteiger partial charge in [0.15, 0.2) is 9.84 Å². The molecule has 5 nitrogen and oxygen atoms in total. The fourth-order valence-electron chi connectivity index (χ4n) is 2.93. The van der Waals surface area contributed by atoms with E-state index in [4.69, 9.17) is 0 Å². The molecular weight excluding hydrogens is 365 g/mol. The van der Waals surface area contributed by atoms with Crippen molar-refractivity contribution in [1.82, 2.24) is 4.31 Å². The van der Waals surface area contributed by atoms with Crippen LogP contribution in [0.2, 0.25) is 0 Å². The zero-order valence-corrected chi connectivity index (χ0v) is 15.0. The molecule has 0 bridgehead atoms. The van der Waals surface area contributed by atoms with Crippen LogP contribution in [-0.2, 0) is 25.6 Å². The molecule has 0 aromatic heterocycles. The van der Waals surface area contributed by atoms with E-state index < -0.39 is 30.9 Å². The van der Waals surface area contributed by atoms with Crippen molar-refractivity contribution in [1.29, 1.82) is 0 Å². The first-order valence-electron chi connectivity index (χ1n) is 7.80. The molecular formula is C17H18FNO4S2. The third-order valence-corrected chi connectivity index (χ3v) is 8.26. The van der Waals surface area contributed by atoms with Crippen LogP contribution in [0.15, 0.2) is 59.5 Å². The third kappa shape index (κ3) is 3.91. The summed E-state index contributed by atoms with van der Waals surface area (Å²) in [5.74, 6) is -0.846. The van der Waals surface area contributed by atoms with Crippen molar-refractivity contribution in [3.63, 3.8) is 0 Å². The van der Waals surface area contributed by atoms with Gasteiger partial charge < -0.3 is 0 Å². The zero-order chi connectivity index (χ0) is 18.1. The maximum absolute atomic E-state index is 13.2. The first-order chi connectivity index (χ1) is 11.8. The average Bonchev–Trinajstić information content (AvgIpc) is 3.07. The Hall–Kier alpha value is -1.77. The van der Waals surface area contributed by atoms with Crippen molar-refractivity contribution in [3.05, 3.63) is 66.0 Å². The number of sulfone groups is 1. The second kappa shape index (κ2) is 6.86. The summed E-state index contributed by atoms with van der Waals surface area (Å²) in [6.07, 6.45) is 0.250. The van der Waals surface area contributed by atoms with E-state index in [1.807, 2.05) is 0 Å². The van der Waals surface area contributed by atoms with Crippen LogP contribution >= 0.6 is 0 Å². The Kier molecular flexibility index (Phi) is 4.95. The summed E-state index contributed by atoms with van der Waals surface area (Å²) in [6.45, 7) is 0.0727. The van der Waals surface area contributed by atoms with Crippen LogP contribution in [-0.4, -0.2) is 39.5 Å². The molecule has 1 aliphatic rings. The minimum atomic E-state index is -3.70. The molecule has 1 saturated heterocycles. The van der Waals surface area contributed by atoms with Crippen molar-refractivity contribution >= 4 is 19.9 Å². The average molecular weight is 383 g/mol. The van der Waals surface area contributed by atoms with Crippen LogP contribution in [0.5, 0.6) is 0 Å². The van der Waals surface area contributed by atoms with Crippen LogP contribution in [0.25, 0.3) is 0 Å². The minimum absolute atomic E-state index is 0.0745. The molecule has 1 aliphatic heterocycles. The normalized spacial score (nSPS) is 19.2. The Labute approximate surface area is 147 Å². The summed E-state index contributed by atoms with van der Waals surface area (Å²) in [4.78, 5) is 0.198. The quantitative estimate of drug-likeness (QED) is 0.794. The fourth-order valence-corrected chi connectivity index (χ4v) is 6.32. The largest absolute Gasteiger partial charge is 0.223 e. The van der Waals surface area contributed by atoms with Gasteiger partial charge in [-0.1, -0.05) is 30.3 Å². The lowest BCUT2D eigenvalue weighted by atomic mass is 10.2. The SMILES string of the molecule is O=S(=O)(c1ccccc1)C1CCN(S(=O)(=O)Cc2cccc(F)c2)C1. The van der Waals surface area contributed by atoms with Crippen molar-refractivity contribution in [2.45, 2.75) is 22.3 Å². The van der Waals surface area contributed by atoms with Crippen LogP contribution < -0.4 is 0 Å². The van der Waals surface area contributed by atoms with E-state index >= 15 is 0 Å². The molecule has 134 valence electrons. The maximum atomic E-state index is 13.2. The van der Waals surface area contributed by atoms with Crippen LogP contribution in [0.1, 0.15) is 12.0 Å². The molecule has 1 unspecified atom stereocenters. The van der Waals surface area contributed by atoms with Gasteiger partial charge in [-0.05, 0) is 36.2 Å². The molecule has 0 radical (unpaired) electrons. The first-order valence-corrected chi connectivity index (χ1v) is 11.0. The number of benzene rings is 2. The molecule has 2 aromatic carbocycles. The molecule has 1 heterocycles. The summed E-state index contributed by atoms with van der Waals surface area (Å²) in [6, 6.07) is 13.4. The third-order valence-electron chi connectivity index (χ3n) is 4.25. The molecule has 0 spiro atoms. The molecule has 0 amide bonds. The first kappa shape index (κ1) is 18.0. The van der Waals surface area contributed by atoms with Crippen molar-refractivity contribution in [3.8, 4) is 0 Å². The standard InChI is InChI=1S/C17H18FNO4S2/c18-15-6-4-5-14(11-15)13-24(20,21)19-10-9-17(12-19)25(22,23)16-7-2-1-3-8-16/h1-8,11,17H,9-10,12-13H2. The summed E-state index contributed by atoms with van der Waals surface area (Å²) in [7, 11) is -7.28. The lowest BCUT2D eigenvalue weighted by Gasteiger charge is -2.17. The molecule has 1 fully saturated rings. The van der Waals surface area contributed by atoms with Crippen LogP contribution in [0.4, 0.5) is 4.39 Å². The second-order valence-corrected chi connectivity index (χ2v) is 10.2. The molecule has 0 aliphatic carbocycles. The van der Waals surface area contributed by atoms with Crippen LogP contribution in [0.3, 0.4) is 0 Å². The van der Waals surface area contributed by atoms with Gasteiger partial charge >= 0.3 is 0 Å². The van der Waals surface area contributed by atoms with E-state index in [0.717, 1.165) is 0 Å². The lowest BCUT2D eigenvalue weighted by molar-refractivity contribution is 0.475. The molecule has 2 aromatic rings. The summed E-state index contributed by atoms with van der Waals surface area (Å²) in [5, 5.41) is -0.766. The topological polar surface area (TPSA) is 71.5 Å². The van der Waals surface area contributed by atoms with Gasteiger partial charge in [-0.2, -0.15) is 0 Å². The predicted octanol–water partition coefficient (Wildman–Crippen LogP) is 2.20. The van der Waals surface area contributed by atoms with Gasteiger partial charge in [-0.3, -0.25) is 0 Å². The minimum Gasteiger partial charge on any atom is -0.223 e. The lowest BCUT2D eigenvalue weighted by Crippen LogP contribution is -2.32. The Balaban J connectivity index is 1.76. The summed E-state index contributed by atoms with van der Waals surface area (Å²) < 4.78 is 64.8. The summed E-state index contributed by atoms with van der Waals surface area (Å²) >= 11 is 0. The van der Waals surface area contributed by atoms with E-state index in [1.165, 1.54) is 40.7 Å². The monoisotopic (exact) mass is 383 g/mol. The molecule has 0 N–H and O–H groups in total. The Bertz CT molecular complexity index is 959. The Morgan fingerprint density at radius 2 is 1.72 bits per heavy atom. The number of sulfonamides is 1. The maximum Gasteiger partial charge on any atom is 0.218 e. The molecule has 0 saturated carbocycles. The van der Waals surface area contributed by atoms with Gasteiger partial charge in [0.1, 0.15) is 5.82 Å². The highest BCUT2D eigenvalue weighted by atomic mass is 32.2. The van der Waals surface area contributed by atoms with Gasteiger partial charge in [0.25, 0.3) is 0 Å². The Morgan fingerprint density at radius 3 is 2.40 bits per heavy atom. The smallest absolute Gasteiger partial charge is 0.218 e. The van der Waals surface area contributed by atoms with Gasteiger partial charge in [-0.25, -0.2) is 25.5 Å². The second-order valence-electron chi connectivity index (χ2n) is 6.01. The van der Waals surface area contributed by atoms with Crippen LogP contribution in [0, 0.1) is 5.82 Å². The van der Waals surface area contributed by atoms with E-state index in [0.29, 0.717) is 5.56 Å². The number of halogens is 1. The molecule has 8 heteroatoms.